The first-order valence-corrected chi connectivity index (χ1v) is 9.92. The van der Waals surface area contributed by atoms with Crippen LogP contribution in [0.4, 0.5) is 5.69 Å². The highest BCUT2D eigenvalue weighted by Gasteiger charge is 2.14. The van der Waals surface area contributed by atoms with Gasteiger partial charge in [-0.2, -0.15) is 5.26 Å². The maximum atomic E-state index is 12.4. The van der Waals surface area contributed by atoms with E-state index in [1.54, 1.807) is 0 Å². The first-order chi connectivity index (χ1) is 12.4. The molecule has 0 spiro atoms. The van der Waals surface area contributed by atoms with Crippen LogP contribution >= 0.6 is 23.1 Å². The summed E-state index contributed by atoms with van der Waals surface area (Å²) in [5.74, 6) is 0.0693. The molecular formula is C19H18N4OS2. The Morgan fingerprint density at radius 3 is 2.62 bits per heavy atom. The number of aromatic nitrogens is 2. The fourth-order valence-electron chi connectivity index (χ4n) is 2.84. The topological polar surface area (TPSA) is 78.7 Å². The number of aryl methyl sites for hydroxylation is 4. The summed E-state index contributed by atoms with van der Waals surface area (Å²) in [5.41, 5.74) is 5.10. The number of hydrogen-bond donors (Lipinski definition) is 1. The molecule has 1 amide bonds. The molecule has 3 aromatic heterocycles. The third kappa shape index (κ3) is 3.71. The zero-order valence-corrected chi connectivity index (χ0v) is 16.6. The molecule has 0 bridgehead atoms. The molecule has 3 heterocycles. The van der Waals surface area contributed by atoms with Gasteiger partial charge in [0.05, 0.1) is 17.0 Å². The molecule has 0 aromatic carbocycles. The molecule has 0 unspecified atom stereocenters. The van der Waals surface area contributed by atoms with Gasteiger partial charge in [-0.1, -0.05) is 11.8 Å². The van der Waals surface area contributed by atoms with Crippen LogP contribution in [0.5, 0.6) is 0 Å². The van der Waals surface area contributed by atoms with Crippen molar-refractivity contribution >= 4 is 44.9 Å². The Labute approximate surface area is 160 Å². The summed E-state index contributed by atoms with van der Waals surface area (Å²) in [7, 11) is 0. The molecule has 5 nitrogen and oxygen atoms in total. The summed E-state index contributed by atoms with van der Waals surface area (Å²) >= 11 is 2.80. The second-order valence-electron chi connectivity index (χ2n) is 6.12. The van der Waals surface area contributed by atoms with Crippen molar-refractivity contribution in [1.29, 1.82) is 5.26 Å². The summed E-state index contributed by atoms with van der Waals surface area (Å²) in [6.45, 7) is 7.75. The van der Waals surface area contributed by atoms with Gasteiger partial charge in [0.2, 0.25) is 5.91 Å². The lowest BCUT2D eigenvalue weighted by Crippen LogP contribution is -2.14. The van der Waals surface area contributed by atoms with Crippen molar-refractivity contribution in [3.63, 3.8) is 0 Å². The summed E-state index contributed by atoms with van der Waals surface area (Å²) in [5, 5.41) is 15.8. The molecule has 0 atom stereocenters. The highest BCUT2D eigenvalue weighted by molar-refractivity contribution is 8.00. The molecule has 0 saturated carbocycles. The minimum atomic E-state index is -0.125. The summed E-state index contributed by atoms with van der Waals surface area (Å²) < 4.78 is 0. The van der Waals surface area contributed by atoms with Crippen molar-refractivity contribution in [2.45, 2.75) is 32.7 Å². The quantitative estimate of drug-likeness (QED) is 0.671. The number of thiophene rings is 1. The highest BCUT2D eigenvalue weighted by Crippen LogP contribution is 2.32. The van der Waals surface area contributed by atoms with Gasteiger partial charge < -0.3 is 5.32 Å². The first-order valence-electron chi connectivity index (χ1n) is 8.05. The van der Waals surface area contributed by atoms with Gasteiger partial charge >= 0.3 is 0 Å². The van der Waals surface area contributed by atoms with Crippen LogP contribution in [0.3, 0.4) is 0 Å². The van der Waals surface area contributed by atoms with Crippen molar-refractivity contribution in [3.05, 3.63) is 45.6 Å². The number of carbonyl (C=O) groups is 1. The minimum Gasteiger partial charge on any atom is -0.324 e. The normalized spacial score (nSPS) is 10.7. The van der Waals surface area contributed by atoms with Crippen LogP contribution in [-0.2, 0) is 4.79 Å². The number of nitrogens with zero attached hydrogens (tertiary/aromatic N) is 3. The Hall–Kier alpha value is -2.43. The van der Waals surface area contributed by atoms with Crippen molar-refractivity contribution < 1.29 is 4.79 Å². The lowest BCUT2D eigenvalue weighted by atomic mass is 10.1. The lowest BCUT2D eigenvalue weighted by Gasteiger charge is -2.08. The summed E-state index contributed by atoms with van der Waals surface area (Å²) in [6.07, 6.45) is 0. The van der Waals surface area contributed by atoms with E-state index in [4.69, 9.17) is 0 Å². The van der Waals surface area contributed by atoms with E-state index >= 15 is 0 Å². The van der Waals surface area contributed by atoms with Gasteiger partial charge in [-0.15, -0.1) is 11.3 Å². The molecule has 0 aliphatic carbocycles. The van der Waals surface area contributed by atoms with Crippen molar-refractivity contribution in [2.75, 3.05) is 11.1 Å². The van der Waals surface area contributed by atoms with Gasteiger partial charge in [0.25, 0.3) is 0 Å². The van der Waals surface area contributed by atoms with Crippen LogP contribution in [0.25, 0.3) is 10.2 Å². The average Bonchev–Trinajstić information content (AvgIpc) is 2.95. The average molecular weight is 383 g/mol. The van der Waals surface area contributed by atoms with E-state index in [0.717, 1.165) is 38.4 Å². The van der Waals surface area contributed by atoms with E-state index in [2.05, 4.69) is 21.4 Å². The van der Waals surface area contributed by atoms with Crippen LogP contribution in [0.1, 0.15) is 28.1 Å². The van der Waals surface area contributed by atoms with Crippen LogP contribution in [-0.4, -0.2) is 21.6 Å². The molecule has 0 saturated heterocycles. The Morgan fingerprint density at radius 1 is 1.19 bits per heavy atom. The number of thioether (sulfide) groups is 1. The predicted octanol–water partition coefficient (Wildman–Crippen LogP) is 4.53. The summed E-state index contributed by atoms with van der Waals surface area (Å²) in [6, 6.07) is 6.06. The van der Waals surface area contributed by atoms with Crippen LogP contribution in [0.2, 0.25) is 0 Å². The fraction of sp³-hybridized carbons (Fsp3) is 0.263. The van der Waals surface area contributed by atoms with Gasteiger partial charge in [0, 0.05) is 22.2 Å². The van der Waals surface area contributed by atoms with Gasteiger partial charge in [0.1, 0.15) is 15.9 Å². The van der Waals surface area contributed by atoms with Gasteiger partial charge in [0.15, 0.2) is 0 Å². The number of hydrogen-bond acceptors (Lipinski definition) is 6. The number of amides is 1. The number of anilines is 1. The molecule has 7 heteroatoms. The molecule has 0 fully saturated rings. The molecular weight excluding hydrogens is 364 g/mol. The van der Waals surface area contributed by atoms with Crippen molar-refractivity contribution in [2.24, 2.45) is 0 Å². The number of carbonyl (C=O) groups excluding carboxylic acids is 1. The van der Waals surface area contributed by atoms with Crippen LogP contribution in [0.15, 0.2) is 22.5 Å². The molecule has 0 aliphatic heterocycles. The van der Waals surface area contributed by atoms with Crippen LogP contribution in [0, 0.1) is 39.0 Å². The lowest BCUT2D eigenvalue weighted by molar-refractivity contribution is -0.113. The number of rotatable bonds is 4. The van der Waals surface area contributed by atoms with Gasteiger partial charge in [-0.25, -0.2) is 9.97 Å². The SMILES string of the molecule is Cc1cc(C)c(C#N)c(SCC(=O)Nc2csc3nc(C)cc(C)c23)n1. The molecule has 3 rings (SSSR count). The Bertz CT molecular complexity index is 1050. The highest BCUT2D eigenvalue weighted by atomic mass is 32.2. The second kappa shape index (κ2) is 7.44. The van der Waals surface area contributed by atoms with E-state index in [1.807, 2.05) is 45.2 Å². The van der Waals surface area contributed by atoms with E-state index in [9.17, 15) is 10.1 Å². The fourth-order valence-corrected chi connectivity index (χ4v) is 4.74. The smallest absolute Gasteiger partial charge is 0.234 e. The van der Waals surface area contributed by atoms with Gasteiger partial charge in [-0.3, -0.25) is 4.79 Å². The number of nitrogens with one attached hydrogen (secondary N) is 1. The minimum absolute atomic E-state index is 0.125. The first kappa shape index (κ1) is 18.4. The third-order valence-corrected chi connectivity index (χ3v) is 5.75. The molecule has 26 heavy (non-hydrogen) atoms. The maximum Gasteiger partial charge on any atom is 0.234 e. The number of fused-ring (bicyclic) bond motifs is 1. The monoisotopic (exact) mass is 382 g/mol. The van der Waals surface area contributed by atoms with E-state index in [1.165, 1.54) is 23.1 Å². The number of nitriles is 1. The number of pyridine rings is 2. The molecule has 1 N–H and O–H groups in total. The zero-order valence-electron chi connectivity index (χ0n) is 15.0. The van der Waals surface area contributed by atoms with E-state index in [-0.39, 0.29) is 11.7 Å². The maximum absolute atomic E-state index is 12.4. The molecule has 0 aliphatic rings. The van der Waals surface area contributed by atoms with E-state index in [0.29, 0.717) is 10.6 Å². The van der Waals surface area contributed by atoms with Crippen LogP contribution < -0.4 is 5.32 Å². The van der Waals surface area contributed by atoms with E-state index < -0.39 is 0 Å². The van der Waals surface area contributed by atoms with Crippen molar-refractivity contribution in [3.8, 4) is 6.07 Å². The van der Waals surface area contributed by atoms with Gasteiger partial charge in [-0.05, 0) is 51.0 Å². The largest absolute Gasteiger partial charge is 0.324 e. The zero-order chi connectivity index (χ0) is 18.8. The second-order valence-corrected chi connectivity index (χ2v) is 7.94. The third-order valence-electron chi connectivity index (χ3n) is 3.91. The molecule has 132 valence electrons. The Balaban J connectivity index is 1.76. The Morgan fingerprint density at radius 2 is 1.88 bits per heavy atom. The molecule has 0 radical (unpaired) electrons. The predicted molar refractivity (Wildman–Crippen MR) is 107 cm³/mol. The molecule has 3 aromatic rings. The summed E-state index contributed by atoms with van der Waals surface area (Å²) in [4.78, 5) is 22.3. The van der Waals surface area contributed by atoms with Crippen molar-refractivity contribution in [1.82, 2.24) is 9.97 Å². The Kier molecular flexibility index (Phi) is 5.25. The standard InChI is InChI=1S/C19H18N4OS2/c1-10-5-12(3)21-18(14(10)7-20)26-9-16(24)23-15-8-25-19-17(15)11(2)6-13(4)22-19/h5-6,8H,9H2,1-4H3,(H,23,24).